The van der Waals surface area contributed by atoms with E-state index in [1.165, 1.54) is 16.0 Å². The van der Waals surface area contributed by atoms with Crippen molar-refractivity contribution in [2.24, 2.45) is 5.73 Å². The number of hydrogen-bond donors (Lipinski definition) is 1. The van der Waals surface area contributed by atoms with Gasteiger partial charge in [0.2, 0.25) is 0 Å². The van der Waals surface area contributed by atoms with Crippen LogP contribution in [0.5, 0.6) is 5.75 Å². The minimum atomic E-state index is -0.0420. The van der Waals surface area contributed by atoms with Crippen LogP contribution in [-0.2, 0) is 0 Å². The number of aryl methyl sites for hydroxylation is 2. The van der Waals surface area contributed by atoms with Crippen molar-refractivity contribution in [1.82, 2.24) is 0 Å². The van der Waals surface area contributed by atoms with Crippen molar-refractivity contribution < 1.29 is 4.74 Å². The normalized spacial score (nSPS) is 12.5. The maximum absolute atomic E-state index is 6.29. The fraction of sp³-hybridized carbons (Fsp3) is 0.286. The predicted molar refractivity (Wildman–Crippen MR) is 72.8 cm³/mol. The van der Waals surface area contributed by atoms with Crippen molar-refractivity contribution in [2.75, 3.05) is 7.11 Å². The standard InChI is InChI=1S/C14H17NOS/c1-9-8-12(16-3)10(2)7-11(9)14(15)13-5-4-6-17-13/h4-8,14H,15H2,1-3H3. The molecule has 0 aliphatic carbocycles. The van der Waals surface area contributed by atoms with E-state index in [1.807, 2.05) is 13.0 Å². The van der Waals surface area contributed by atoms with E-state index in [0.29, 0.717) is 0 Å². The number of benzene rings is 1. The second kappa shape index (κ2) is 4.90. The molecule has 1 unspecified atom stereocenters. The van der Waals surface area contributed by atoms with E-state index in [2.05, 4.69) is 30.5 Å². The Hall–Kier alpha value is -1.32. The Kier molecular flexibility index (Phi) is 3.50. The summed E-state index contributed by atoms with van der Waals surface area (Å²) in [6.07, 6.45) is 0. The summed E-state index contributed by atoms with van der Waals surface area (Å²) in [4.78, 5) is 1.19. The van der Waals surface area contributed by atoms with Crippen LogP contribution in [0.4, 0.5) is 0 Å². The van der Waals surface area contributed by atoms with Crippen LogP contribution in [0.2, 0.25) is 0 Å². The SMILES string of the molecule is COc1cc(C)c(C(N)c2cccs2)cc1C. The molecule has 0 amide bonds. The van der Waals surface area contributed by atoms with Gasteiger partial charge in [-0.15, -0.1) is 11.3 Å². The highest BCUT2D eigenvalue weighted by Gasteiger charge is 2.14. The molecule has 0 aliphatic heterocycles. The summed E-state index contributed by atoms with van der Waals surface area (Å²) in [5, 5.41) is 2.06. The minimum absolute atomic E-state index is 0.0420. The van der Waals surface area contributed by atoms with Crippen LogP contribution in [0.1, 0.15) is 27.6 Å². The largest absolute Gasteiger partial charge is 0.496 e. The maximum Gasteiger partial charge on any atom is 0.122 e. The quantitative estimate of drug-likeness (QED) is 0.902. The number of thiophene rings is 1. The molecule has 0 radical (unpaired) electrons. The van der Waals surface area contributed by atoms with E-state index in [4.69, 9.17) is 10.5 Å². The Labute approximate surface area is 106 Å². The summed E-state index contributed by atoms with van der Waals surface area (Å²) in [5.74, 6) is 0.921. The van der Waals surface area contributed by atoms with Crippen molar-refractivity contribution in [3.8, 4) is 5.75 Å². The first kappa shape index (κ1) is 12.1. The molecule has 1 aromatic heterocycles. The lowest BCUT2D eigenvalue weighted by molar-refractivity contribution is 0.411. The molecule has 0 spiro atoms. The Balaban J connectivity index is 2.42. The second-order valence-electron chi connectivity index (χ2n) is 4.17. The number of methoxy groups -OCH3 is 1. The fourth-order valence-electron chi connectivity index (χ4n) is 1.99. The average Bonchev–Trinajstić information content (AvgIpc) is 2.84. The van der Waals surface area contributed by atoms with Gasteiger partial charge in [-0.1, -0.05) is 12.1 Å². The zero-order valence-corrected chi connectivity index (χ0v) is 11.2. The Bertz CT molecular complexity index is 505. The van der Waals surface area contributed by atoms with Crippen LogP contribution < -0.4 is 10.5 Å². The molecule has 2 rings (SSSR count). The number of hydrogen-bond acceptors (Lipinski definition) is 3. The zero-order chi connectivity index (χ0) is 12.4. The van der Waals surface area contributed by atoms with Gasteiger partial charge < -0.3 is 10.5 Å². The third-order valence-electron chi connectivity index (χ3n) is 2.97. The third-order valence-corrected chi connectivity index (χ3v) is 3.92. The molecule has 2 N–H and O–H groups in total. The van der Waals surface area contributed by atoms with Crippen LogP contribution in [0, 0.1) is 13.8 Å². The minimum Gasteiger partial charge on any atom is -0.496 e. The van der Waals surface area contributed by atoms with E-state index in [-0.39, 0.29) is 6.04 Å². The third kappa shape index (κ3) is 2.35. The van der Waals surface area contributed by atoms with Gasteiger partial charge in [0.25, 0.3) is 0 Å². The molecule has 1 atom stereocenters. The van der Waals surface area contributed by atoms with Crippen LogP contribution in [-0.4, -0.2) is 7.11 Å². The van der Waals surface area contributed by atoms with Gasteiger partial charge in [0.1, 0.15) is 5.75 Å². The molecule has 2 nitrogen and oxygen atoms in total. The van der Waals surface area contributed by atoms with Crippen molar-refractivity contribution in [3.63, 3.8) is 0 Å². The lowest BCUT2D eigenvalue weighted by Gasteiger charge is -2.16. The summed E-state index contributed by atoms with van der Waals surface area (Å²) in [6, 6.07) is 8.25. The van der Waals surface area contributed by atoms with E-state index in [0.717, 1.165) is 11.3 Å². The Morgan fingerprint density at radius 3 is 2.59 bits per heavy atom. The molecular formula is C14H17NOS. The summed E-state index contributed by atoms with van der Waals surface area (Å²) in [6.45, 7) is 4.12. The lowest BCUT2D eigenvalue weighted by Crippen LogP contribution is -2.12. The number of ether oxygens (including phenoxy) is 1. The first-order valence-corrected chi connectivity index (χ1v) is 6.45. The van der Waals surface area contributed by atoms with Gasteiger partial charge in [-0.3, -0.25) is 0 Å². The Morgan fingerprint density at radius 2 is 2.00 bits per heavy atom. The van der Waals surface area contributed by atoms with Gasteiger partial charge >= 0.3 is 0 Å². The van der Waals surface area contributed by atoms with Gasteiger partial charge in [0, 0.05) is 4.88 Å². The highest BCUT2D eigenvalue weighted by Crippen LogP contribution is 2.30. The van der Waals surface area contributed by atoms with Crippen LogP contribution in [0.15, 0.2) is 29.6 Å². The molecule has 90 valence electrons. The maximum atomic E-state index is 6.29. The number of rotatable bonds is 3. The highest BCUT2D eigenvalue weighted by molar-refractivity contribution is 7.10. The smallest absolute Gasteiger partial charge is 0.122 e. The van der Waals surface area contributed by atoms with Gasteiger partial charge in [0.05, 0.1) is 13.2 Å². The average molecular weight is 247 g/mol. The van der Waals surface area contributed by atoms with Crippen LogP contribution in [0.3, 0.4) is 0 Å². The van der Waals surface area contributed by atoms with Gasteiger partial charge in [0.15, 0.2) is 0 Å². The monoisotopic (exact) mass is 247 g/mol. The van der Waals surface area contributed by atoms with Gasteiger partial charge in [-0.25, -0.2) is 0 Å². The van der Waals surface area contributed by atoms with Crippen LogP contribution in [0.25, 0.3) is 0 Å². The molecule has 1 aromatic carbocycles. The summed E-state index contributed by atoms with van der Waals surface area (Å²) in [7, 11) is 1.70. The van der Waals surface area contributed by atoms with Gasteiger partial charge in [-0.2, -0.15) is 0 Å². The number of nitrogens with two attached hydrogens (primary N) is 1. The topological polar surface area (TPSA) is 35.2 Å². The molecule has 0 aliphatic rings. The van der Waals surface area contributed by atoms with E-state index in [9.17, 15) is 0 Å². The highest BCUT2D eigenvalue weighted by atomic mass is 32.1. The second-order valence-corrected chi connectivity index (χ2v) is 5.15. The van der Waals surface area contributed by atoms with Crippen molar-refractivity contribution in [2.45, 2.75) is 19.9 Å². The summed E-state index contributed by atoms with van der Waals surface area (Å²) in [5.41, 5.74) is 9.76. The van der Waals surface area contributed by atoms with Gasteiger partial charge in [-0.05, 0) is 48.1 Å². The molecule has 0 saturated carbocycles. The molecule has 17 heavy (non-hydrogen) atoms. The molecule has 0 fully saturated rings. The molecule has 0 bridgehead atoms. The molecule has 3 heteroatoms. The fourth-order valence-corrected chi connectivity index (χ4v) is 2.73. The predicted octanol–water partition coefficient (Wildman–Crippen LogP) is 3.42. The zero-order valence-electron chi connectivity index (χ0n) is 10.4. The van der Waals surface area contributed by atoms with E-state index < -0.39 is 0 Å². The molecular weight excluding hydrogens is 230 g/mol. The van der Waals surface area contributed by atoms with E-state index in [1.54, 1.807) is 18.4 Å². The molecule has 0 saturated heterocycles. The van der Waals surface area contributed by atoms with Crippen LogP contribution >= 0.6 is 11.3 Å². The first-order chi connectivity index (χ1) is 8.13. The van der Waals surface area contributed by atoms with E-state index >= 15 is 0 Å². The summed E-state index contributed by atoms with van der Waals surface area (Å²) < 4.78 is 5.31. The van der Waals surface area contributed by atoms with Crippen molar-refractivity contribution in [1.29, 1.82) is 0 Å². The van der Waals surface area contributed by atoms with Crippen molar-refractivity contribution >= 4 is 11.3 Å². The van der Waals surface area contributed by atoms with Crippen molar-refractivity contribution in [3.05, 3.63) is 51.2 Å². The Morgan fingerprint density at radius 1 is 1.24 bits per heavy atom. The molecule has 1 heterocycles. The lowest BCUT2D eigenvalue weighted by atomic mass is 9.98. The molecule has 2 aromatic rings. The summed E-state index contributed by atoms with van der Waals surface area (Å²) >= 11 is 1.69. The first-order valence-electron chi connectivity index (χ1n) is 5.57.